The topological polar surface area (TPSA) is 40.5 Å². The maximum Gasteiger partial charge on any atom is 0.240 e. The fourth-order valence-corrected chi connectivity index (χ4v) is 10.8. The predicted molar refractivity (Wildman–Crippen MR) is 55.6 cm³/mol. The quantitative estimate of drug-likeness (QED) is 0.608. The van der Waals surface area contributed by atoms with Crippen LogP contribution in [-0.4, -0.2) is 18.1 Å². The summed E-state index contributed by atoms with van der Waals surface area (Å²) in [5.74, 6) is -3.67. The largest absolute Gasteiger partial charge is 0.338 e. The van der Waals surface area contributed by atoms with Crippen molar-refractivity contribution in [3.05, 3.63) is 0 Å². The molecule has 0 radical (unpaired) electrons. The Kier molecular flexibility index (Phi) is 6.14. The molecule has 9 heteroatoms. The summed E-state index contributed by atoms with van der Waals surface area (Å²) < 4.78 is -2.15. The Balaban J connectivity index is 4.91. The van der Waals surface area contributed by atoms with Crippen LogP contribution in [0, 0.1) is 0 Å². The lowest BCUT2D eigenvalue weighted by molar-refractivity contribution is 0.500. The van der Waals surface area contributed by atoms with Gasteiger partial charge >= 0.3 is 0 Å². The standard InChI is InChI=1S/C2H4Cl5O2PS/c3-1(4)11(2(5)6)10(7,8)9/h1-2,8-9H. The normalized spacial score (nSPS) is 13.6. The summed E-state index contributed by atoms with van der Waals surface area (Å²) in [6.45, 7) is 0. The summed E-state index contributed by atoms with van der Waals surface area (Å²) in [7, 11) is -1.40. The highest BCUT2D eigenvalue weighted by molar-refractivity contribution is 8.39. The molecule has 0 aliphatic heterocycles. The van der Waals surface area contributed by atoms with Crippen molar-refractivity contribution < 1.29 is 9.79 Å². The van der Waals surface area contributed by atoms with Gasteiger partial charge in [0.05, 0.1) is 0 Å². The Morgan fingerprint density at radius 1 is 1.00 bits per heavy atom. The van der Waals surface area contributed by atoms with Gasteiger partial charge in [-0.3, -0.25) is 0 Å². The number of rotatable bonds is 2. The highest BCUT2D eigenvalue weighted by Crippen LogP contribution is 2.52. The molecule has 0 aromatic carbocycles. The third kappa shape index (κ3) is 4.80. The molecular weight excluding hydrogens is 296 g/mol. The van der Waals surface area contributed by atoms with Crippen molar-refractivity contribution >= 4 is 73.6 Å². The molecule has 0 bridgehead atoms. The van der Waals surface area contributed by atoms with E-state index in [1.807, 2.05) is 0 Å². The molecule has 0 rings (SSSR count). The lowest BCUT2D eigenvalue weighted by atomic mass is 11.8. The zero-order valence-electron chi connectivity index (χ0n) is 4.79. The molecule has 2 nitrogen and oxygen atoms in total. The number of hydrogen-bond acceptors (Lipinski definition) is 0. The van der Waals surface area contributed by atoms with E-state index in [9.17, 15) is 0 Å². The molecule has 0 heterocycles. The number of hydrogen-bond donors (Lipinski definition) is 2. The van der Waals surface area contributed by atoms with Crippen LogP contribution in [0.2, 0.25) is 0 Å². The highest BCUT2D eigenvalue weighted by Gasteiger charge is 2.24. The van der Waals surface area contributed by atoms with E-state index in [0.717, 1.165) is 0 Å². The Morgan fingerprint density at radius 2 is 1.27 bits per heavy atom. The summed E-state index contributed by atoms with van der Waals surface area (Å²) in [5, 5.41) is 0. The summed E-state index contributed by atoms with van der Waals surface area (Å²) in [5.41, 5.74) is 0. The van der Waals surface area contributed by atoms with Crippen molar-refractivity contribution in [2.24, 2.45) is 0 Å². The van der Waals surface area contributed by atoms with Crippen LogP contribution in [-0.2, 0) is 10.1 Å². The van der Waals surface area contributed by atoms with Gasteiger partial charge in [0.15, 0.2) is 8.34 Å². The van der Waals surface area contributed by atoms with Crippen molar-refractivity contribution in [3.63, 3.8) is 0 Å². The van der Waals surface area contributed by atoms with Gasteiger partial charge in [-0.2, -0.15) is 0 Å². The van der Waals surface area contributed by atoms with Crippen LogP contribution in [0.3, 0.4) is 0 Å². The van der Waals surface area contributed by atoms with Crippen LogP contribution >= 0.6 is 63.5 Å². The van der Waals surface area contributed by atoms with Gasteiger partial charge in [0.2, 0.25) is 5.84 Å². The maximum atomic E-state index is 8.92. The average Bonchev–Trinajstić information content (AvgIpc) is 1.54. The van der Waals surface area contributed by atoms with E-state index in [1.54, 1.807) is 0 Å². The van der Waals surface area contributed by atoms with Gasteiger partial charge in [0, 0.05) is 0 Å². The van der Waals surface area contributed by atoms with Crippen LogP contribution in [0.4, 0.5) is 0 Å². The van der Waals surface area contributed by atoms with Gasteiger partial charge in [-0.1, -0.05) is 56.5 Å². The van der Waals surface area contributed by atoms with Crippen molar-refractivity contribution in [2.75, 3.05) is 0 Å². The Hall–Kier alpha value is 2.15. The smallest absolute Gasteiger partial charge is 0.240 e. The zero-order chi connectivity index (χ0) is 9.23. The fourth-order valence-electron chi connectivity index (χ4n) is 0.281. The first-order valence-electron chi connectivity index (χ1n) is 2.10. The summed E-state index contributed by atoms with van der Waals surface area (Å²) in [6.07, 6.45) is 0. The van der Waals surface area contributed by atoms with Crippen LogP contribution < -0.4 is 0 Å². The molecular formula is C2H4Cl5O2PS. The predicted octanol–water partition coefficient (Wildman–Crippen LogP) is 3.03. The molecule has 0 amide bonds. The first-order valence-corrected chi connectivity index (χ1v) is 8.40. The molecule has 0 unspecified atom stereocenters. The minimum Gasteiger partial charge on any atom is -0.338 e. The van der Waals surface area contributed by atoms with E-state index in [4.69, 9.17) is 67.4 Å². The third-order valence-electron chi connectivity index (χ3n) is 0.633. The van der Waals surface area contributed by atoms with Gasteiger partial charge in [0.1, 0.15) is 0 Å². The Labute approximate surface area is 91.2 Å². The molecule has 0 aliphatic carbocycles. The molecule has 0 saturated carbocycles. The van der Waals surface area contributed by atoms with E-state index in [0.29, 0.717) is 0 Å². The Bertz CT molecular complexity index is 169. The highest BCUT2D eigenvalue weighted by atomic mass is 35.7. The van der Waals surface area contributed by atoms with Crippen molar-refractivity contribution in [1.82, 2.24) is 0 Å². The van der Waals surface area contributed by atoms with Crippen LogP contribution in [0.15, 0.2) is 0 Å². The van der Waals surface area contributed by atoms with Gasteiger partial charge in [-0.15, -0.1) is 0 Å². The summed E-state index contributed by atoms with van der Waals surface area (Å²) in [6, 6.07) is 0. The molecule has 0 aromatic rings. The van der Waals surface area contributed by atoms with E-state index >= 15 is 0 Å². The molecule has 0 fully saturated rings. The van der Waals surface area contributed by atoms with E-state index in [1.165, 1.54) is 0 Å². The zero-order valence-corrected chi connectivity index (χ0v) is 10.3. The monoisotopic (exact) mass is 298 g/mol. The number of alkyl halides is 4. The number of halogens is 5. The maximum absolute atomic E-state index is 8.92. The molecule has 70 valence electrons. The van der Waals surface area contributed by atoms with Gasteiger partial charge in [-0.25, -0.2) is 0 Å². The second kappa shape index (κ2) is 5.14. The molecule has 0 aliphatic rings. The van der Waals surface area contributed by atoms with Gasteiger partial charge in [-0.05, 0) is 11.2 Å². The van der Waals surface area contributed by atoms with Gasteiger partial charge in [0.25, 0.3) is 0 Å². The molecule has 2 N–H and O–H groups in total. The van der Waals surface area contributed by atoms with Crippen LogP contribution in [0.5, 0.6) is 0 Å². The average molecular weight is 300 g/mol. The molecule has 0 aromatic heterocycles. The third-order valence-corrected chi connectivity index (χ3v) is 10.0. The SMILES string of the molecule is OP(O)(Cl)=S(C(Cl)Cl)C(Cl)Cl. The second-order valence-electron chi connectivity index (χ2n) is 1.34. The van der Waals surface area contributed by atoms with Crippen molar-refractivity contribution in [2.45, 2.75) is 8.34 Å². The first kappa shape index (κ1) is 13.2. The second-order valence-corrected chi connectivity index (χ2v) is 12.0. The van der Waals surface area contributed by atoms with Crippen LogP contribution in [0.1, 0.15) is 0 Å². The lowest BCUT2D eigenvalue weighted by Crippen LogP contribution is -2.08. The van der Waals surface area contributed by atoms with Gasteiger partial charge < -0.3 is 9.79 Å². The minimum atomic E-state index is -3.67. The Morgan fingerprint density at radius 3 is 1.27 bits per heavy atom. The van der Waals surface area contributed by atoms with Crippen molar-refractivity contribution in [3.8, 4) is 0 Å². The summed E-state index contributed by atoms with van der Waals surface area (Å²) in [4.78, 5) is 17.8. The molecule has 0 atom stereocenters. The molecule has 11 heavy (non-hydrogen) atoms. The molecule has 0 saturated heterocycles. The first-order chi connectivity index (χ1) is 4.76. The molecule has 0 spiro atoms. The fraction of sp³-hybridized carbons (Fsp3) is 1.00. The van der Waals surface area contributed by atoms with Crippen molar-refractivity contribution in [1.29, 1.82) is 0 Å². The summed E-state index contributed by atoms with van der Waals surface area (Å²) >= 11 is 26.6. The van der Waals surface area contributed by atoms with E-state index < -0.39 is 24.3 Å². The lowest BCUT2D eigenvalue weighted by Gasteiger charge is -2.15. The van der Waals surface area contributed by atoms with E-state index in [2.05, 4.69) is 0 Å². The van der Waals surface area contributed by atoms with Crippen LogP contribution in [0.25, 0.3) is 0 Å². The van der Waals surface area contributed by atoms with E-state index in [-0.39, 0.29) is 0 Å². The minimum absolute atomic E-state index is 1.07.